The van der Waals surface area contributed by atoms with E-state index in [4.69, 9.17) is 9.84 Å². The molecule has 6 heteroatoms. The van der Waals surface area contributed by atoms with Crippen LogP contribution in [-0.2, 0) is 21.4 Å². The van der Waals surface area contributed by atoms with E-state index in [1.807, 2.05) is 0 Å². The van der Waals surface area contributed by atoms with Crippen molar-refractivity contribution in [3.63, 3.8) is 0 Å². The molecule has 1 atom stereocenters. The highest BCUT2D eigenvalue weighted by Gasteiger charge is 2.25. The average Bonchev–Trinajstić information content (AvgIpc) is 2.48. The highest BCUT2D eigenvalue weighted by atomic mass is 32.2. The monoisotopic (exact) mass is 299 g/mol. The van der Waals surface area contributed by atoms with Gasteiger partial charge in [-0.1, -0.05) is 12.1 Å². The normalized spacial score (nSPS) is 20.2. The number of hydrogen-bond acceptors (Lipinski definition) is 4. The number of ether oxygens (including phenoxy) is 1. The molecule has 112 valence electrons. The first kappa shape index (κ1) is 15.4. The van der Waals surface area contributed by atoms with Crippen molar-refractivity contribution >= 4 is 10.0 Å². The van der Waals surface area contributed by atoms with Gasteiger partial charge < -0.3 is 9.84 Å². The van der Waals surface area contributed by atoms with Gasteiger partial charge in [0, 0.05) is 20.2 Å². The lowest BCUT2D eigenvalue weighted by Gasteiger charge is -2.26. The minimum atomic E-state index is -3.50. The first-order valence-corrected chi connectivity index (χ1v) is 8.22. The van der Waals surface area contributed by atoms with Crippen molar-refractivity contribution in [1.29, 1.82) is 0 Å². The number of nitrogens with zero attached hydrogens (tertiary/aromatic N) is 1. The smallest absolute Gasteiger partial charge is 0.242 e. The molecule has 1 aliphatic heterocycles. The SMILES string of the molecule is CN(CC1CCCOC1)S(=O)(=O)c1cccc(CO)c1. The van der Waals surface area contributed by atoms with Gasteiger partial charge in [-0.25, -0.2) is 12.7 Å². The van der Waals surface area contributed by atoms with Gasteiger partial charge in [-0.15, -0.1) is 0 Å². The molecular weight excluding hydrogens is 278 g/mol. The van der Waals surface area contributed by atoms with Gasteiger partial charge in [0.05, 0.1) is 18.1 Å². The molecule has 0 saturated carbocycles. The minimum absolute atomic E-state index is 0.163. The Balaban J connectivity index is 2.11. The number of hydrogen-bond donors (Lipinski definition) is 1. The molecule has 5 nitrogen and oxygen atoms in total. The second kappa shape index (κ2) is 6.67. The molecule has 0 aromatic heterocycles. The molecule has 1 aromatic rings. The fourth-order valence-electron chi connectivity index (χ4n) is 2.40. The Labute approximate surface area is 120 Å². The van der Waals surface area contributed by atoms with Crippen LogP contribution in [0.5, 0.6) is 0 Å². The summed E-state index contributed by atoms with van der Waals surface area (Å²) in [5.41, 5.74) is 0.598. The fourth-order valence-corrected chi connectivity index (χ4v) is 3.72. The summed E-state index contributed by atoms with van der Waals surface area (Å²) in [6.45, 7) is 1.69. The predicted molar refractivity (Wildman–Crippen MR) is 75.7 cm³/mol. The van der Waals surface area contributed by atoms with Gasteiger partial charge >= 0.3 is 0 Å². The maximum atomic E-state index is 12.5. The van der Waals surface area contributed by atoms with Crippen molar-refractivity contribution in [3.8, 4) is 0 Å². The molecule has 0 aliphatic carbocycles. The molecule has 1 aliphatic rings. The van der Waals surface area contributed by atoms with Gasteiger partial charge in [-0.05, 0) is 36.5 Å². The van der Waals surface area contributed by atoms with Gasteiger partial charge in [0.1, 0.15) is 0 Å². The van der Waals surface area contributed by atoms with E-state index in [1.54, 1.807) is 25.2 Å². The van der Waals surface area contributed by atoms with Crippen LogP contribution in [0.4, 0.5) is 0 Å². The fraction of sp³-hybridized carbons (Fsp3) is 0.571. The third kappa shape index (κ3) is 3.58. The standard InChI is InChI=1S/C14H21NO4S/c1-15(9-13-5-3-7-19-11-13)20(17,18)14-6-2-4-12(8-14)10-16/h2,4,6,8,13,16H,3,5,7,9-11H2,1H3. The van der Waals surface area contributed by atoms with E-state index >= 15 is 0 Å². The zero-order valence-corrected chi connectivity index (χ0v) is 12.5. The summed E-state index contributed by atoms with van der Waals surface area (Å²) >= 11 is 0. The van der Waals surface area contributed by atoms with E-state index in [2.05, 4.69) is 0 Å². The molecule has 2 rings (SSSR count). The Morgan fingerprint density at radius 1 is 1.45 bits per heavy atom. The summed E-state index contributed by atoms with van der Waals surface area (Å²) in [4.78, 5) is 0.225. The van der Waals surface area contributed by atoms with Crippen molar-refractivity contribution in [2.24, 2.45) is 5.92 Å². The van der Waals surface area contributed by atoms with Crippen LogP contribution in [0, 0.1) is 5.92 Å². The number of aliphatic hydroxyl groups excluding tert-OH is 1. The number of benzene rings is 1. The first-order chi connectivity index (χ1) is 9.54. The van der Waals surface area contributed by atoms with Crippen LogP contribution >= 0.6 is 0 Å². The Morgan fingerprint density at radius 2 is 2.25 bits per heavy atom. The third-order valence-electron chi connectivity index (χ3n) is 3.56. The lowest BCUT2D eigenvalue weighted by atomic mass is 10.0. The van der Waals surface area contributed by atoms with E-state index < -0.39 is 10.0 Å². The van der Waals surface area contributed by atoms with Gasteiger partial charge in [0.2, 0.25) is 10.0 Å². The molecule has 0 bridgehead atoms. The molecule has 1 aromatic carbocycles. The second-order valence-electron chi connectivity index (χ2n) is 5.17. The van der Waals surface area contributed by atoms with E-state index in [0.717, 1.165) is 19.4 Å². The lowest BCUT2D eigenvalue weighted by Crippen LogP contribution is -2.35. The van der Waals surface area contributed by atoms with Gasteiger partial charge in [0.25, 0.3) is 0 Å². The zero-order chi connectivity index (χ0) is 14.6. The number of rotatable bonds is 5. The van der Waals surface area contributed by atoms with Crippen molar-refractivity contribution < 1.29 is 18.3 Å². The van der Waals surface area contributed by atoms with E-state index in [0.29, 0.717) is 18.7 Å². The maximum Gasteiger partial charge on any atom is 0.242 e. The number of aliphatic hydroxyl groups is 1. The van der Waals surface area contributed by atoms with Crippen LogP contribution in [0.15, 0.2) is 29.2 Å². The van der Waals surface area contributed by atoms with Gasteiger partial charge in [0.15, 0.2) is 0 Å². The minimum Gasteiger partial charge on any atom is -0.392 e. The molecule has 20 heavy (non-hydrogen) atoms. The van der Waals surface area contributed by atoms with Gasteiger partial charge in [-0.2, -0.15) is 0 Å². The van der Waals surface area contributed by atoms with Crippen LogP contribution in [0.3, 0.4) is 0 Å². The van der Waals surface area contributed by atoms with Crippen molar-refractivity contribution in [2.45, 2.75) is 24.3 Å². The summed E-state index contributed by atoms with van der Waals surface area (Å²) in [5.74, 6) is 0.254. The Morgan fingerprint density at radius 3 is 2.90 bits per heavy atom. The Bertz CT molecular complexity index is 538. The largest absolute Gasteiger partial charge is 0.392 e. The molecular formula is C14H21NO4S. The molecule has 1 N–H and O–H groups in total. The Hall–Kier alpha value is -0.950. The van der Waals surface area contributed by atoms with E-state index in [1.165, 1.54) is 10.4 Å². The summed E-state index contributed by atoms with van der Waals surface area (Å²) < 4.78 is 31.7. The van der Waals surface area contributed by atoms with Crippen molar-refractivity contribution in [1.82, 2.24) is 4.31 Å². The molecule has 1 saturated heterocycles. The van der Waals surface area contributed by atoms with Crippen LogP contribution < -0.4 is 0 Å². The predicted octanol–water partition coefficient (Wildman–Crippen LogP) is 1.23. The highest BCUT2D eigenvalue weighted by molar-refractivity contribution is 7.89. The van der Waals surface area contributed by atoms with Crippen LogP contribution in [0.2, 0.25) is 0 Å². The topological polar surface area (TPSA) is 66.8 Å². The summed E-state index contributed by atoms with van der Waals surface area (Å²) in [6, 6.07) is 6.43. The summed E-state index contributed by atoms with van der Waals surface area (Å²) in [5, 5.41) is 9.10. The molecule has 0 spiro atoms. The molecule has 0 amide bonds. The van der Waals surface area contributed by atoms with Crippen LogP contribution in [-0.4, -0.2) is 44.6 Å². The molecule has 1 heterocycles. The van der Waals surface area contributed by atoms with E-state index in [-0.39, 0.29) is 17.4 Å². The lowest BCUT2D eigenvalue weighted by molar-refractivity contribution is 0.0495. The summed E-state index contributed by atoms with van der Waals surface area (Å²) in [7, 11) is -1.91. The highest BCUT2D eigenvalue weighted by Crippen LogP contribution is 2.20. The number of sulfonamides is 1. The van der Waals surface area contributed by atoms with Gasteiger partial charge in [-0.3, -0.25) is 0 Å². The van der Waals surface area contributed by atoms with Crippen molar-refractivity contribution in [3.05, 3.63) is 29.8 Å². The Kier molecular flexibility index (Phi) is 5.15. The molecule has 0 radical (unpaired) electrons. The molecule has 1 unspecified atom stereocenters. The van der Waals surface area contributed by atoms with Crippen LogP contribution in [0.25, 0.3) is 0 Å². The maximum absolute atomic E-state index is 12.5. The third-order valence-corrected chi connectivity index (χ3v) is 5.38. The second-order valence-corrected chi connectivity index (χ2v) is 7.22. The summed E-state index contributed by atoms with van der Waals surface area (Å²) in [6.07, 6.45) is 1.98. The van der Waals surface area contributed by atoms with Crippen LogP contribution in [0.1, 0.15) is 18.4 Å². The van der Waals surface area contributed by atoms with Crippen molar-refractivity contribution in [2.75, 3.05) is 26.8 Å². The molecule has 1 fully saturated rings. The quantitative estimate of drug-likeness (QED) is 0.888. The van der Waals surface area contributed by atoms with E-state index in [9.17, 15) is 8.42 Å². The first-order valence-electron chi connectivity index (χ1n) is 6.78. The zero-order valence-electron chi connectivity index (χ0n) is 11.7. The average molecular weight is 299 g/mol.